The Kier molecular flexibility index (Phi) is 4.39. The highest BCUT2D eigenvalue weighted by molar-refractivity contribution is 9.10. The molecule has 2 N–H and O–H groups in total. The number of aromatic nitrogens is 2. The monoisotopic (exact) mass is 386 g/mol. The molecule has 0 unspecified atom stereocenters. The predicted molar refractivity (Wildman–Crippen MR) is 92.6 cm³/mol. The molecule has 3 aromatic rings. The van der Waals surface area contributed by atoms with Crippen molar-refractivity contribution in [3.05, 3.63) is 79.9 Å². The van der Waals surface area contributed by atoms with Crippen LogP contribution in [0.25, 0.3) is 5.69 Å². The molecular weight excluding hydrogens is 376 g/mol. The third-order valence-electron chi connectivity index (χ3n) is 3.17. The summed E-state index contributed by atoms with van der Waals surface area (Å²) >= 11 is 3.30. The fourth-order valence-electron chi connectivity index (χ4n) is 2.04. The number of azo groups is 1. The van der Waals surface area contributed by atoms with Crippen molar-refractivity contribution >= 4 is 27.3 Å². The number of nitrogens with zero attached hydrogens (tertiary/aromatic N) is 3. The standard InChI is InChI=1S/C16H11BrN4O3/c17-10-6-8-11(9-7-10)19-20-13-14(22)18-16(24)21(15(13)23)12-4-2-1-3-5-12/h1-9,23H,(H,18,22,24). The molecule has 0 aliphatic rings. The molecule has 0 aliphatic carbocycles. The Labute approximate surface area is 144 Å². The van der Waals surface area contributed by atoms with Crippen LogP contribution in [0.3, 0.4) is 0 Å². The molecule has 0 aliphatic heterocycles. The van der Waals surface area contributed by atoms with Gasteiger partial charge in [-0.3, -0.25) is 9.78 Å². The third kappa shape index (κ3) is 3.18. The Morgan fingerprint density at radius 2 is 1.62 bits per heavy atom. The van der Waals surface area contributed by atoms with Crippen LogP contribution >= 0.6 is 15.9 Å². The number of aromatic amines is 1. The first-order valence-electron chi connectivity index (χ1n) is 6.87. The highest BCUT2D eigenvalue weighted by Gasteiger charge is 2.15. The van der Waals surface area contributed by atoms with Crippen LogP contribution in [0.4, 0.5) is 11.4 Å². The maximum atomic E-state index is 12.0. The van der Waals surface area contributed by atoms with Crippen LogP contribution in [-0.4, -0.2) is 14.7 Å². The second kappa shape index (κ2) is 6.63. The molecule has 2 aromatic carbocycles. The van der Waals surface area contributed by atoms with E-state index >= 15 is 0 Å². The molecular formula is C16H11BrN4O3. The zero-order valence-corrected chi connectivity index (χ0v) is 13.8. The van der Waals surface area contributed by atoms with Gasteiger partial charge in [-0.05, 0) is 36.4 Å². The van der Waals surface area contributed by atoms with E-state index in [-0.39, 0.29) is 5.69 Å². The number of hydrogen-bond acceptors (Lipinski definition) is 5. The minimum absolute atomic E-state index is 0.346. The largest absolute Gasteiger partial charge is 0.492 e. The Morgan fingerprint density at radius 1 is 0.958 bits per heavy atom. The fraction of sp³-hybridized carbons (Fsp3) is 0. The topological polar surface area (TPSA) is 99.8 Å². The van der Waals surface area contributed by atoms with E-state index in [0.29, 0.717) is 11.4 Å². The van der Waals surface area contributed by atoms with Crippen LogP contribution in [0, 0.1) is 0 Å². The van der Waals surface area contributed by atoms with Gasteiger partial charge >= 0.3 is 5.69 Å². The smallest absolute Gasteiger partial charge is 0.335 e. The van der Waals surface area contributed by atoms with Crippen molar-refractivity contribution in [2.24, 2.45) is 10.2 Å². The first-order valence-corrected chi connectivity index (χ1v) is 7.66. The third-order valence-corrected chi connectivity index (χ3v) is 3.70. The summed E-state index contributed by atoms with van der Waals surface area (Å²) < 4.78 is 1.83. The molecule has 0 amide bonds. The van der Waals surface area contributed by atoms with Crippen molar-refractivity contribution in [1.29, 1.82) is 0 Å². The molecule has 0 spiro atoms. The quantitative estimate of drug-likeness (QED) is 0.674. The van der Waals surface area contributed by atoms with E-state index in [1.165, 1.54) is 0 Å². The lowest BCUT2D eigenvalue weighted by Crippen LogP contribution is -2.28. The van der Waals surface area contributed by atoms with Gasteiger partial charge in [0.15, 0.2) is 0 Å². The first kappa shape index (κ1) is 15.9. The van der Waals surface area contributed by atoms with Crippen LogP contribution in [0.15, 0.2) is 78.9 Å². The van der Waals surface area contributed by atoms with E-state index in [1.54, 1.807) is 54.6 Å². The number of aromatic hydroxyl groups is 1. The molecule has 1 heterocycles. The first-order chi connectivity index (χ1) is 11.6. The molecule has 0 fully saturated rings. The van der Waals surface area contributed by atoms with Gasteiger partial charge in [0.2, 0.25) is 11.6 Å². The summed E-state index contributed by atoms with van der Waals surface area (Å²) in [5, 5.41) is 18.0. The minimum Gasteiger partial charge on any atom is -0.492 e. The summed E-state index contributed by atoms with van der Waals surface area (Å²) in [5.74, 6) is -0.573. The fourth-order valence-corrected chi connectivity index (χ4v) is 2.30. The van der Waals surface area contributed by atoms with Crippen molar-refractivity contribution < 1.29 is 5.11 Å². The maximum absolute atomic E-state index is 12.0. The number of rotatable bonds is 3. The van der Waals surface area contributed by atoms with Crippen LogP contribution in [0.1, 0.15) is 0 Å². The highest BCUT2D eigenvalue weighted by Crippen LogP contribution is 2.25. The molecule has 24 heavy (non-hydrogen) atoms. The lowest BCUT2D eigenvalue weighted by molar-refractivity contribution is 0.432. The number of hydrogen-bond donors (Lipinski definition) is 2. The molecule has 1 aromatic heterocycles. The number of para-hydroxylation sites is 1. The molecule has 120 valence electrons. The van der Waals surface area contributed by atoms with Gasteiger partial charge in [0.05, 0.1) is 11.4 Å². The zero-order valence-electron chi connectivity index (χ0n) is 12.2. The number of benzene rings is 2. The van der Waals surface area contributed by atoms with Crippen molar-refractivity contribution in [3.8, 4) is 11.6 Å². The van der Waals surface area contributed by atoms with Gasteiger partial charge in [-0.1, -0.05) is 34.1 Å². The Hall–Kier alpha value is -3.00. The molecule has 0 atom stereocenters. The average Bonchev–Trinajstić information content (AvgIpc) is 2.57. The van der Waals surface area contributed by atoms with E-state index < -0.39 is 17.1 Å². The molecule has 8 heteroatoms. The number of halogens is 1. The minimum atomic E-state index is -0.814. The van der Waals surface area contributed by atoms with Gasteiger partial charge < -0.3 is 5.11 Å². The van der Waals surface area contributed by atoms with E-state index in [4.69, 9.17) is 0 Å². The van der Waals surface area contributed by atoms with E-state index in [9.17, 15) is 14.7 Å². The van der Waals surface area contributed by atoms with Crippen LogP contribution < -0.4 is 11.2 Å². The lowest BCUT2D eigenvalue weighted by atomic mass is 10.3. The summed E-state index contributed by atoms with van der Waals surface area (Å²) in [4.78, 5) is 26.0. The Morgan fingerprint density at radius 3 is 2.29 bits per heavy atom. The predicted octanol–water partition coefficient (Wildman–Crippen LogP) is 3.41. The summed E-state index contributed by atoms with van der Waals surface area (Å²) in [6.07, 6.45) is 0. The van der Waals surface area contributed by atoms with Gasteiger partial charge in [0, 0.05) is 4.47 Å². The molecule has 3 rings (SSSR count). The molecule has 0 saturated heterocycles. The summed E-state index contributed by atoms with van der Waals surface area (Å²) in [6, 6.07) is 15.3. The van der Waals surface area contributed by atoms with E-state index in [1.807, 2.05) is 0 Å². The van der Waals surface area contributed by atoms with Gasteiger partial charge in [-0.2, -0.15) is 5.11 Å². The van der Waals surface area contributed by atoms with Crippen molar-refractivity contribution in [2.75, 3.05) is 0 Å². The average molecular weight is 387 g/mol. The highest BCUT2D eigenvalue weighted by atomic mass is 79.9. The number of H-pyrrole nitrogens is 1. The second-order valence-corrected chi connectivity index (χ2v) is 5.69. The normalized spacial score (nSPS) is 11.0. The van der Waals surface area contributed by atoms with Crippen LogP contribution in [0.2, 0.25) is 0 Å². The van der Waals surface area contributed by atoms with E-state index in [0.717, 1.165) is 9.04 Å². The number of nitrogens with one attached hydrogen (secondary N) is 1. The molecule has 0 saturated carbocycles. The second-order valence-electron chi connectivity index (χ2n) is 4.78. The van der Waals surface area contributed by atoms with Gasteiger partial charge in [0.25, 0.3) is 5.56 Å². The van der Waals surface area contributed by atoms with E-state index in [2.05, 4.69) is 31.1 Å². The lowest BCUT2D eigenvalue weighted by Gasteiger charge is -2.08. The SMILES string of the molecule is O=c1[nH]c(=O)n(-c2ccccc2)c(O)c1N=Nc1ccc(Br)cc1. The zero-order chi connectivity index (χ0) is 17.1. The van der Waals surface area contributed by atoms with Gasteiger partial charge in [0.1, 0.15) is 0 Å². The van der Waals surface area contributed by atoms with Crippen molar-refractivity contribution in [1.82, 2.24) is 9.55 Å². The summed E-state index contributed by atoms with van der Waals surface area (Å²) in [7, 11) is 0. The summed E-state index contributed by atoms with van der Waals surface area (Å²) in [6.45, 7) is 0. The van der Waals surface area contributed by atoms with Crippen LogP contribution in [-0.2, 0) is 0 Å². The Bertz CT molecular complexity index is 1010. The molecule has 7 nitrogen and oxygen atoms in total. The molecule has 0 bridgehead atoms. The van der Waals surface area contributed by atoms with Crippen molar-refractivity contribution in [2.45, 2.75) is 0 Å². The Balaban J connectivity index is 2.10. The summed E-state index contributed by atoms with van der Waals surface area (Å²) in [5.41, 5.74) is -1.02. The van der Waals surface area contributed by atoms with Crippen molar-refractivity contribution in [3.63, 3.8) is 0 Å². The van der Waals surface area contributed by atoms with Gasteiger partial charge in [-0.25, -0.2) is 9.36 Å². The van der Waals surface area contributed by atoms with Crippen LogP contribution in [0.5, 0.6) is 5.88 Å². The molecule has 0 radical (unpaired) electrons. The van der Waals surface area contributed by atoms with Gasteiger partial charge in [-0.15, -0.1) is 5.11 Å². The maximum Gasteiger partial charge on any atom is 0.335 e.